The zero-order valence-electron chi connectivity index (χ0n) is 22.0. The Labute approximate surface area is 255 Å². The number of hydrogen-bond acceptors (Lipinski definition) is 4. The van der Waals surface area contributed by atoms with E-state index in [1.165, 1.54) is 17.0 Å². The first-order valence-corrected chi connectivity index (χ1v) is 14.5. The van der Waals surface area contributed by atoms with Crippen molar-refractivity contribution in [2.45, 2.75) is 42.7 Å². The molecule has 0 bridgehead atoms. The van der Waals surface area contributed by atoms with Gasteiger partial charge in [0.25, 0.3) is 0 Å². The summed E-state index contributed by atoms with van der Waals surface area (Å²) >= 11 is 19.0. The number of amides is 3. The third kappa shape index (κ3) is 4.73. The fourth-order valence-corrected chi connectivity index (χ4v) is 7.05. The molecule has 0 unspecified atom stereocenters. The highest BCUT2D eigenvalue weighted by molar-refractivity contribution is 6.31. The van der Waals surface area contributed by atoms with Crippen molar-refractivity contribution in [1.29, 1.82) is 0 Å². The van der Waals surface area contributed by atoms with Crippen molar-refractivity contribution in [3.8, 4) is 5.75 Å². The molecule has 2 saturated heterocycles. The Morgan fingerprint density at radius 2 is 1.76 bits per heavy atom. The lowest BCUT2D eigenvalue weighted by molar-refractivity contribution is -0.131. The molecule has 2 fully saturated rings. The predicted octanol–water partition coefficient (Wildman–Crippen LogP) is 6.54. The number of rotatable bonds is 4. The van der Waals surface area contributed by atoms with Crippen molar-refractivity contribution >= 4 is 58.4 Å². The molecule has 6 rings (SSSR count). The van der Waals surface area contributed by atoms with Gasteiger partial charge in [0.05, 0.1) is 16.6 Å². The van der Waals surface area contributed by atoms with Crippen LogP contribution in [0.15, 0.2) is 54.6 Å². The smallest absolute Gasteiger partial charge is 0.407 e. The number of halogens is 4. The van der Waals surface area contributed by atoms with Gasteiger partial charge in [0, 0.05) is 54.0 Å². The first-order chi connectivity index (χ1) is 20.1. The molecule has 3 atom stereocenters. The molecule has 42 heavy (non-hydrogen) atoms. The summed E-state index contributed by atoms with van der Waals surface area (Å²) in [6, 6.07) is 13.5. The van der Waals surface area contributed by atoms with E-state index in [1.54, 1.807) is 42.5 Å². The molecule has 3 aromatic carbocycles. The molecule has 3 heterocycles. The van der Waals surface area contributed by atoms with Crippen molar-refractivity contribution in [3.05, 3.63) is 92.2 Å². The van der Waals surface area contributed by atoms with Crippen LogP contribution in [-0.2, 0) is 15.0 Å². The van der Waals surface area contributed by atoms with E-state index in [0.717, 1.165) is 0 Å². The number of carbonyl (C=O) groups excluding carboxylic acids is 2. The lowest BCUT2D eigenvalue weighted by atomic mass is 9.59. The number of nitrogens with zero attached hydrogens (tertiary/aromatic N) is 1. The highest BCUT2D eigenvalue weighted by atomic mass is 35.5. The summed E-state index contributed by atoms with van der Waals surface area (Å²) in [6.45, 7) is 0.506. The van der Waals surface area contributed by atoms with Crippen LogP contribution < -0.4 is 15.4 Å². The van der Waals surface area contributed by atoms with E-state index in [2.05, 4.69) is 10.6 Å². The lowest BCUT2D eigenvalue weighted by Gasteiger charge is -2.47. The normalized spacial score (nSPS) is 23.9. The van der Waals surface area contributed by atoms with Crippen molar-refractivity contribution < 1.29 is 28.6 Å². The van der Waals surface area contributed by atoms with E-state index in [-0.39, 0.29) is 35.8 Å². The molecule has 0 aromatic heterocycles. The summed E-state index contributed by atoms with van der Waals surface area (Å²) < 4.78 is 22.6. The maximum Gasteiger partial charge on any atom is 0.407 e. The SMILES string of the molecule is O=C1C[C@@H](c2cccc(Cl)c2)[C@]2(C(=O)Nc3cc(Cl)ccc32)[C@@H](c2c(OC3CCN(C(=O)O)CC3)ccc(Cl)c2F)N1. The molecular weight excluding hydrogens is 608 g/mol. The molecule has 12 heteroatoms. The second-order valence-corrected chi connectivity index (χ2v) is 12.0. The Balaban J connectivity index is 1.53. The summed E-state index contributed by atoms with van der Waals surface area (Å²) in [6.07, 6.45) is -0.756. The minimum Gasteiger partial charge on any atom is -0.490 e. The van der Waals surface area contributed by atoms with Crippen molar-refractivity contribution in [2.24, 2.45) is 0 Å². The van der Waals surface area contributed by atoms with E-state index < -0.39 is 47.2 Å². The van der Waals surface area contributed by atoms with E-state index in [9.17, 15) is 19.5 Å². The molecule has 3 aliphatic rings. The predicted molar refractivity (Wildman–Crippen MR) is 156 cm³/mol. The minimum absolute atomic E-state index is 0.0683. The number of piperidine rings is 2. The molecule has 0 radical (unpaired) electrons. The Morgan fingerprint density at radius 1 is 1.02 bits per heavy atom. The summed E-state index contributed by atoms with van der Waals surface area (Å²) in [5.74, 6) is -2.32. The average Bonchev–Trinajstić information content (AvgIpc) is 3.23. The van der Waals surface area contributed by atoms with Crippen LogP contribution in [0.1, 0.15) is 47.9 Å². The molecule has 8 nitrogen and oxygen atoms in total. The van der Waals surface area contributed by atoms with Gasteiger partial charge in [0.1, 0.15) is 17.3 Å². The first kappa shape index (κ1) is 28.6. The number of ether oxygens (including phenoxy) is 1. The number of anilines is 1. The molecule has 3 amide bonds. The third-order valence-corrected chi connectivity index (χ3v) is 9.15. The van der Waals surface area contributed by atoms with Gasteiger partial charge in [-0.05, 0) is 47.5 Å². The van der Waals surface area contributed by atoms with Gasteiger partial charge in [-0.15, -0.1) is 0 Å². The maximum absolute atomic E-state index is 16.3. The summed E-state index contributed by atoms with van der Waals surface area (Å²) in [4.78, 5) is 40.3. The number of carboxylic acid groups (broad SMARTS) is 1. The van der Waals surface area contributed by atoms with Crippen LogP contribution in [0.2, 0.25) is 15.1 Å². The topological polar surface area (TPSA) is 108 Å². The van der Waals surface area contributed by atoms with Gasteiger partial charge in [-0.2, -0.15) is 0 Å². The van der Waals surface area contributed by atoms with E-state index in [1.807, 2.05) is 0 Å². The number of fused-ring (bicyclic) bond motifs is 2. The van der Waals surface area contributed by atoms with Gasteiger partial charge in [-0.1, -0.05) is 53.0 Å². The van der Waals surface area contributed by atoms with Crippen molar-refractivity contribution in [2.75, 3.05) is 18.4 Å². The van der Waals surface area contributed by atoms with Gasteiger partial charge in [-0.3, -0.25) is 9.59 Å². The second kappa shape index (κ2) is 10.9. The summed E-state index contributed by atoms with van der Waals surface area (Å²) in [5.41, 5.74) is 0.0143. The average molecular weight is 633 g/mol. The number of nitrogens with one attached hydrogen (secondary N) is 2. The molecule has 3 aromatic rings. The van der Waals surface area contributed by atoms with Gasteiger partial charge < -0.3 is 25.4 Å². The largest absolute Gasteiger partial charge is 0.490 e. The number of carbonyl (C=O) groups is 3. The minimum atomic E-state index is -1.53. The molecule has 0 aliphatic carbocycles. The third-order valence-electron chi connectivity index (χ3n) is 8.39. The Morgan fingerprint density at radius 3 is 2.48 bits per heavy atom. The summed E-state index contributed by atoms with van der Waals surface area (Å²) in [5, 5.41) is 15.7. The van der Waals surface area contributed by atoms with Crippen LogP contribution >= 0.6 is 34.8 Å². The number of likely N-dealkylation sites (tertiary alicyclic amines) is 1. The number of benzene rings is 3. The standard InChI is InChI=1S/C30H25Cl3FN3O5/c31-16-3-1-2-15(12-16)20-14-24(38)36-27(30(20)19-5-4-17(32)13-22(19)35-28(30)39)25-23(7-6-21(33)26(25)34)42-18-8-10-37(11-9-18)29(40)41/h1-7,12-13,18,20,27H,8-11,14H2,(H,35,39)(H,36,38)(H,40,41)/t20-,27+,30-/m0/s1. The van der Waals surface area contributed by atoms with Crippen LogP contribution in [-0.4, -0.2) is 47.1 Å². The fraction of sp³-hybridized carbons (Fsp3) is 0.300. The van der Waals surface area contributed by atoms with Crippen LogP contribution in [0.5, 0.6) is 5.75 Å². The second-order valence-electron chi connectivity index (χ2n) is 10.7. The van der Waals surface area contributed by atoms with Gasteiger partial charge >= 0.3 is 6.09 Å². The van der Waals surface area contributed by atoms with Crippen LogP contribution in [0.3, 0.4) is 0 Å². The first-order valence-electron chi connectivity index (χ1n) is 13.4. The highest BCUT2D eigenvalue weighted by Crippen LogP contribution is 2.59. The Bertz CT molecular complexity index is 1610. The van der Waals surface area contributed by atoms with Crippen LogP contribution in [0, 0.1) is 5.82 Å². The zero-order chi connectivity index (χ0) is 29.8. The van der Waals surface area contributed by atoms with Crippen molar-refractivity contribution in [3.63, 3.8) is 0 Å². The highest BCUT2D eigenvalue weighted by Gasteiger charge is 2.62. The van der Waals surface area contributed by atoms with Gasteiger partial charge in [-0.25, -0.2) is 9.18 Å². The molecule has 0 saturated carbocycles. The fourth-order valence-electron chi connectivity index (χ4n) is 6.51. The Hall–Kier alpha value is -3.53. The molecule has 1 spiro atoms. The summed E-state index contributed by atoms with van der Waals surface area (Å²) in [7, 11) is 0. The molecule has 218 valence electrons. The number of hydrogen-bond donors (Lipinski definition) is 3. The van der Waals surface area contributed by atoms with E-state index in [0.29, 0.717) is 39.7 Å². The van der Waals surface area contributed by atoms with E-state index in [4.69, 9.17) is 39.5 Å². The molecule has 3 N–H and O–H groups in total. The van der Waals surface area contributed by atoms with Crippen LogP contribution in [0.4, 0.5) is 14.9 Å². The maximum atomic E-state index is 16.3. The lowest BCUT2D eigenvalue weighted by Crippen LogP contribution is -2.57. The van der Waals surface area contributed by atoms with E-state index >= 15 is 4.39 Å². The quantitative estimate of drug-likeness (QED) is 0.303. The van der Waals surface area contributed by atoms with Crippen molar-refractivity contribution in [1.82, 2.24) is 10.2 Å². The van der Waals surface area contributed by atoms with Gasteiger partial charge in [0.2, 0.25) is 11.8 Å². The van der Waals surface area contributed by atoms with Crippen LogP contribution in [0.25, 0.3) is 0 Å². The monoisotopic (exact) mass is 631 g/mol. The molecule has 3 aliphatic heterocycles. The Kier molecular flexibility index (Phi) is 7.45. The zero-order valence-corrected chi connectivity index (χ0v) is 24.3. The molecular formula is C30H25Cl3FN3O5. The van der Waals surface area contributed by atoms with Gasteiger partial charge in [0.15, 0.2) is 5.82 Å².